The summed E-state index contributed by atoms with van der Waals surface area (Å²) in [4.78, 5) is 22.5. The van der Waals surface area contributed by atoms with Crippen molar-refractivity contribution in [3.63, 3.8) is 0 Å². The van der Waals surface area contributed by atoms with Crippen LogP contribution < -0.4 is 0 Å². The van der Waals surface area contributed by atoms with Gasteiger partial charge in [0.05, 0.1) is 25.0 Å². The molecule has 2 aliphatic carbocycles. The molecular formula is C30H38N4O3. The second-order valence-electron chi connectivity index (χ2n) is 11.7. The number of aromatic nitrogens is 2. The minimum atomic E-state index is -0.850. The lowest BCUT2D eigenvalue weighted by atomic mass is 9.74. The molecule has 2 aromatic rings. The summed E-state index contributed by atoms with van der Waals surface area (Å²) in [6.07, 6.45) is 10.4. The van der Waals surface area contributed by atoms with Crippen molar-refractivity contribution in [3.05, 3.63) is 58.7 Å². The van der Waals surface area contributed by atoms with Crippen LogP contribution in [-0.2, 0) is 16.8 Å². The first-order valence-electron chi connectivity index (χ1n) is 13.6. The van der Waals surface area contributed by atoms with E-state index in [2.05, 4.69) is 40.9 Å². The van der Waals surface area contributed by atoms with Crippen LogP contribution in [0, 0.1) is 16.7 Å². The number of hydrogen-bond donors (Lipinski definition) is 2. The number of rotatable bonds is 6. The number of ether oxygens (including phenoxy) is 1. The fourth-order valence-corrected chi connectivity index (χ4v) is 6.09. The molecule has 1 saturated heterocycles. The molecule has 1 aliphatic heterocycles. The number of carbonyl (C=O) groups is 1. The summed E-state index contributed by atoms with van der Waals surface area (Å²) in [7, 11) is 0. The molecule has 7 nitrogen and oxygen atoms in total. The Kier molecular flexibility index (Phi) is 7.35. The van der Waals surface area contributed by atoms with Crippen LogP contribution in [-0.4, -0.2) is 58.1 Å². The smallest absolute Gasteiger partial charge is 0.202 e. The molecule has 2 N–H and O–H groups in total. The summed E-state index contributed by atoms with van der Waals surface area (Å²) in [5.41, 5.74) is 3.93. The van der Waals surface area contributed by atoms with Gasteiger partial charge in [0.25, 0.3) is 0 Å². The van der Waals surface area contributed by atoms with Gasteiger partial charge in [0.1, 0.15) is 11.8 Å². The maximum absolute atomic E-state index is 13.0. The predicted octanol–water partition coefficient (Wildman–Crippen LogP) is 4.76. The van der Waals surface area contributed by atoms with Crippen molar-refractivity contribution in [2.45, 2.75) is 76.9 Å². The first-order valence-corrected chi connectivity index (χ1v) is 13.6. The number of allylic oxidation sites excluding steroid dienone is 2. The zero-order valence-corrected chi connectivity index (χ0v) is 22.1. The van der Waals surface area contributed by atoms with Crippen LogP contribution in [0.25, 0.3) is 5.57 Å². The van der Waals surface area contributed by atoms with Gasteiger partial charge in [0, 0.05) is 25.6 Å². The summed E-state index contributed by atoms with van der Waals surface area (Å²) < 4.78 is 5.52. The second-order valence-corrected chi connectivity index (χ2v) is 11.7. The third-order valence-electron chi connectivity index (χ3n) is 8.62. The molecule has 1 saturated carbocycles. The largest absolute Gasteiger partial charge is 0.385 e. The third kappa shape index (κ3) is 5.72. The van der Waals surface area contributed by atoms with Crippen molar-refractivity contribution in [1.82, 2.24) is 14.9 Å². The Hall–Kier alpha value is -2.79. The van der Waals surface area contributed by atoms with E-state index < -0.39 is 5.60 Å². The minimum Gasteiger partial charge on any atom is -0.385 e. The van der Waals surface area contributed by atoms with Gasteiger partial charge in [-0.3, -0.25) is 9.69 Å². The molecule has 0 amide bonds. The fourth-order valence-electron chi connectivity index (χ4n) is 6.09. The van der Waals surface area contributed by atoms with E-state index in [0.717, 1.165) is 87.9 Å². The topological polar surface area (TPSA) is 102 Å². The summed E-state index contributed by atoms with van der Waals surface area (Å²) in [5.74, 6) is 0.0716. The highest BCUT2D eigenvalue weighted by Gasteiger charge is 2.37. The predicted molar refractivity (Wildman–Crippen MR) is 142 cm³/mol. The summed E-state index contributed by atoms with van der Waals surface area (Å²) >= 11 is 0. The molecule has 0 radical (unpaired) electrons. The molecule has 7 heteroatoms. The Morgan fingerprint density at radius 1 is 1.24 bits per heavy atom. The number of aromatic amines is 1. The van der Waals surface area contributed by atoms with E-state index in [9.17, 15) is 9.90 Å². The first kappa shape index (κ1) is 25.8. The van der Waals surface area contributed by atoms with Crippen molar-refractivity contribution in [2.75, 3.05) is 26.3 Å². The average molecular weight is 503 g/mol. The lowest BCUT2D eigenvalue weighted by Crippen LogP contribution is -2.47. The third-order valence-corrected chi connectivity index (χ3v) is 8.62. The number of nitrogens with one attached hydrogen (secondary N) is 1. The zero-order chi connectivity index (χ0) is 26.0. The molecule has 0 spiro atoms. The number of hydrogen-bond acceptors (Lipinski definition) is 6. The Balaban J connectivity index is 1.40. The molecule has 37 heavy (non-hydrogen) atoms. The standard InChI is InChI=1S/C30H38N4O3/c1-29(2)9-5-21(6-10-29)26-18-23(4-3-22(26)17-27(35)28-32-20-24(19-31)33-28)30(36)11-7-25(8-12-30)34-13-15-37-16-14-34/h3-5,18,20,25,36H,6-17H2,1-2H3,(H,32,33). The van der Waals surface area contributed by atoms with E-state index in [1.807, 2.05) is 18.2 Å². The number of nitrogens with zero attached hydrogens (tertiary/aromatic N) is 3. The van der Waals surface area contributed by atoms with Crippen molar-refractivity contribution >= 4 is 11.4 Å². The van der Waals surface area contributed by atoms with Gasteiger partial charge in [-0.05, 0) is 78.7 Å². The number of nitriles is 1. The van der Waals surface area contributed by atoms with E-state index in [0.29, 0.717) is 6.04 Å². The molecule has 2 fully saturated rings. The number of imidazole rings is 1. The van der Waals surface area contributed by atoms with E-state index in [1.165, 1.54) is 11.8 Å². The van der Waals surface area contributed by atoms with E-state index in [1.54, 1.807) is 0 Å². The van der Waals surface area contributed by atoms with Crippen molar-refractivity contribution in [3.8, 4) is 6.07 Å². The zero-order valence-electron chi connectivity index (χ0n) is 22.1. The highest BCUT2D eigenvalue weighted by atomic mass is 16.5. The Bertz CT molecular complexity index is 1210. The fraction of sp³-hybridized carbons (Fsp3) is 0.567. The summed E-state index contributed by atoms with van der Waals surface area (Å²) in [6, 6.07) is 8.67. The van der Waals surface area contributed by atoms with Crippen LogP contribution in [0.15, 0.2) is 30.5 Å². The highest BCUT2D eigenvalue weighted by molar-refractivity contribution is 5.95. The minimum absolute atomic E-state index is 0.142. The molecule has 196 valence electrons. The molecule has 1 aromatic carbocycles. The number of Topliss-reactive ketones (excluding diaryl/α,β-unsaturated/α-hetero) is 1. The van der Waals surface area contributed by atoms with Gasteiger partial charge < -0.3 is 14.8 Å². The number of carbonyl (C=O) groups excluding carboxylic acids is 1. The maximum Gasteiger partial charge on any atom is 0.202 e. The van der Waals surface area contributed by atoms with Crippen molar-refractivity contribution in [1.29, 1.82) is 5.26 Å². The summed E-state index contributed by atoms with van der Waals surface area (Å²) in [5, 5.41) is 20.8. The quantitative estimate of drug-likeness (QED) is 0.552. The molecule has 0 bridgehead atoms. The van der Waals surface area contributed by atoms with E-state index >= 15 is 0 Å². The van der Waals surface area contributed by atoms with Gasteiger partial charge in [-0.15, -0.1) is 0 Å². The number of aliphatic hydroxyl groups is 1. The van der Waals surface area contributed by atoms with Gasteiger partial charge in [0.15, 0.2) is 5.82 Å². The van der Waals surface area contributed by atoms with E-state index in [4.69, 9.17) is 10.00 Å². The molecule has 1 aromatic heterocycles. The lowest BCUT2D eigenvalue weighted by molar-refractivity contribution is -0.0447. The Morgan fingerprint density at radius 2 is 2.00 bits per heavy atom. The Morgan fingerprint density at radius 3 is 2.65 bits per heavy atom. The maximum atomic E-state index is 13.0. The molecule has 5 rings (SSSR count). The second kappa shape index (κ2) is 10.5. The average Bonchev–Trinajstić information content (AvgIpc) is 3.40. The van der Waals surface area contributed by atoms with Crippen LogP contribution in [0.2, 0.25) is 0 Å². The SMILES string of the molecule is CC1(C)CC=C(c2cc(C3(O)CCC(N4CCOCC4)CC3)ccc2CC(=O)c2ncc(C#N)[nH]2)CC1. The van der Waals surface area contributed by atoms with Gasteiger partial charge in [-0.1, -0.05) is 32.1 Å². The van der Waals surface area contributed by atoms with Crippen LogP contribution >= 0.6 is 0 Å². The normalized spacial score (nSPS) is 26.3. The first-order chi connectivity index (χ1) is 17.8. The van der Waals surface area contributed by atoms with Crippen LogP contribution in [0.5, 0.6) is 0 Å². The Labute approximate surface area is 219 Å². The molecule has 0 atom stereocenters. The molecule has 0 unspecified atom stereocenters. The highest BCUT2D eigenvalue weighted by Crippen LogP contribution is 2.43. The molecule has 3 aliphatic rings. The van der Waals surface area contributed by atoms with Crippen LogP contribution in [0.1, 0.15) is 91.8 Å². The van der Waals surface area contributed by atoms with Crippen LogP contribution in [0.4, 0.5) is 0 Å². The van der Waals surface area contributed by atoms with Gasteiger partial charge in [0.2, 0.25) is 5.78 Å². The number of H-pyrrole nitrogens is 1. The van der Waals surface area contributed by atoms with Gasteiger partial charge in [-0.2, -0.15) is 5.26 Å². The molecular weight excluding hydrogens is 464 g/mol. The van der Waals surface area contributed by atoms with Gasteiger partial charge >= 0.3 is 0 Å². The number of ketones is 1. The molecule has 2 heterocycles. The monoisotopic (exact) mass is 502 g/mol. The van der Waals surface area contributed by atoms with Crippen molar-refractivity contribution < 1.29 is 14.6 Å². The van der Waals surface area contributed by atoms with Crippen LogP contribution in [0.3, 0.4) is 0 Å². The van der Waals surface area contributed by atoms with Gasteiger partial charge in [-0.25, -0.2) is 4.98 Å². The number of morpholine rings is 1. The number of benzene rings is 1. The van der Waals surface area contributed by atoms with Crippen molar-refractivity contribution in [2.24, 2.45) is 5.41 Å². The van der Waals surface area contributed by atoms with E-state index in [-0.39, 0.29) is 29.1 Å². The summed E-state index contributed by atoms with van der Waals surface area (Å²) in [6.45, 7) is 8.14. The lowest BCUT2D eigenvalue weighted by Gasteiger charge is -2.42.